The first-order valence-electron chi connectivity index (χ1n) is 15.3. The SMILES string of the molecule is C#Cc1c(F)ccc2cc(O)cc(-c3nc4c5c(nc(OC[C@@]67CCCN6C[C@H](F)C7)nc5c3F)N(CCO)[C@@H](CC(F)(F)F)CO4)c12. The van der Waals surface area contributed by atoms with E-state index in [1.807, 2.05) is 4.90 Å². The number of hydrogen-bond donors (Lipinski definition) is 2. The van der Waals surface area contributed by atoms with E-state index in [2.05, 4.69) is 20.9 Å². The first-order valence-corrected chi connectivity index (χ1v) is 15.3. The van der Waals surface area contributed by atoms with Gasteiger partial charge in [0.1, 0.15) is 53.4 Å². The van der Waals surface area contributed by atoms with Crippen molar-refractivity contribution in [3.8, 4) is 41.2 Å². The van der Waals surface area contributed by atoms with Crippen LogP contribution < -0.4 is 14.4 Å². The average Bonchev–Trinajstić information content (AvgIpc) is 3.52. The molecule has 0 aliphatic carbocycles. The number of alkyl halides is 4. The molecule has 0 amide bonds. The van der Waals surface area contributed by atoms with Crippen LogP contribution in [-0.4, -0.2) is 93.4 Å². The van der Waals surface area contributed by atoms with Gasteiger partial charge in [0.2, 0.25) is 5.88 Å². The Bertz CT molecular complexity index is 1970. The zero-order chi connectivity index (χ0) is 34.0. The number of β-amino-alcohol motifs (C(OH)–C–C–N with tert-alkyl or cyclic N) is 1. The fourth-order valence-corrected chi connectivity index (χ4v) is 7.33. The summed E-state index contributed by atoms with van der Waals surface area (Å²) >= 11 is 0. The summed E-state index contributed by atoms with van der Waals surface area (Å²) in [6.45, 7) is -0.652. The summed E-state index contributed by atoms with van der Waals surface area (Å²) in [6.07, 6.45) is 0.187. The van der Waals surface area contributed by atoms with Crippen molar-refractivity contribution < 1.29 is 46.0 Å². The van der Waals surface area contributed by atoms with Gasteiger partial charge in [0.05, 0.1) is 30.2 Å². The lowest BCUT2D eigenvalue weighted by molar-refractivity contribution is -0.140. The van der Waals surface area contributed by atoms with Gasteiger partial charge in [0, 0.05) is 30.5 Å². The van der Waals surface area contributed by atoms with Crippen molar-refractivity contribution in [1.82, 2.24) is 19.9 Å². The van der Waals surface area contributed by atoms with Crippen molar-refractivity contribution in [3.05, 3.63) is 41.5 Å². The molecule has 2 saturated heterocycles. The summed E-state index contributed by atoms with van der Waals surface area (Å²) in [5.41, 5.74) is -1.93. The van der Waals surface area contributed by atoms with Gasteiger partial charge < -0.3 is 24.6 Å². The molecular weight excluding hydrogens is 644 g/mol. The number of aromatic hydroxyl groups is 1. The fourth-order valence-electron chi connectivity index (χ4n) is 7.33. The number of anilines is 1. The first kappa shape index (κ1) is 32.0. The summed E-state index contributed by atoms with van der Waals surface area (Å²) in [4.78, 5) is 16.2. The molecule has 2 aromatic carbocycles. The minimum Gasteiger partial charge on any atom is -0.508 e. The number of benzene rings is 2. The van der Waals surface area contributed by atoms with Crippen LogP contribution in [-0.2, 0) is 0 Å². The van der Waals surface area contributed by atoms with E-state index in [1.165, 1.54) is 12.1 Å². The number of aliphatic hydroxyl groups is 1. The minimum absolute atomic E-state index is 0.0481. The lowest BCUT2D eigenvalue weighted by Gasteiger charge is -2.32. The maximum atomic E-state index is 16.9. The zero-order valence-electron chi connectivity index (χ0n) is 25.3. The Labute approximate surface area is 270 Å². The molecule has 0 saturated carbocycles. The van der Waals surface area contributed by atoms with Gasteiger partial charge in [-0.3, -0.25) is 4.90 Å². The van der Waals surface area contributed by atoms with Gasteiger partial charge in [-0.15, -0.1) is 6.42 Å². The molecule has 5 heterocycles. The van der Waals surface area contributed by atoms with Crippen LogP contribution in [0.3, 0.4) is 0 Å². The second-order valence-corrected chi connectivity index (χ2v) is 12.4. The molecule has 3 aliphatic rings. The van der Waals surface area contributed by atoms with Crippen molar-refractivity contribution in [2.45, 2.75) is 49.6 Å². The molecule has 0 bridgehead atoms. The Hall–Kier alpha value is -4.55. The third kappa shape index (κ3) is 5.46. The number of pyridine rings is 1. The highest BCUT2D eigenvalue weighted by Crippen LogP contribution is 2.45. The molecule has 2 fully saturated rings. The van der Waals surface area contributed by atoms with Crippen LogP contribution in [0, 0.1) is 24.0 Å². The summed E-state index contributed by atoms with van der Waals surface area (Å²) in [5.74, 6) is -0.505. The summed E-state index contributed by atoms with van der Waals surface area (Å²) in [6, 6.07) is 3.07. The van der Waals surface area contributed by atoms with Crippen LogP contribution in [0.5, 0.6) is 17.6 Å². The Morgan fingerprint density at radius 2 is 1.96 bits per heavy atom. The topological polar surface area (TPSA) is 104 Å². The average molecular weight is 674 g/mol. The Balaban J connectivity index is 1.45. The number of fused-ring (bicyclic) bond motifs is 2. The standard InChI is InChI=1S/C33H29F6N5O4/c1-2-21-23(35)5-4-17-10-20(46)11-22(24(17)21)27-26(36)28-25-29(44(8-9-45)19(13-33(37,38)39)15-47-30(25)40-27)42-31(41-28)48-16-32-6-3-7-43(32)14-18(34)12-32/h1,4-5,10-11,18-19,45-46H,3,6-9,12-16H2/t18-,19+,32+/m1/s1. The molecule has 0 radical (unpaired) electrons. The zero-order valence-corrected chi connectivity index (χ0v) is 25.3. The number of rotatable bonds is 7. The Kier molecular flexibility index (Phi) is 7.91. The van der Waals surface area contributed by atoms with Crippen molar-refractivity contribution in [2.75, 3.05) is 44.4 Å². The fraction of sp³-hybridized carbons (Fsp3) is 0.424. The molecule has 252 valence electrons. The molecule has 0 spiro atoms. The van der Waals surface area contributed by atoms with Gasteiger partial charge in [0.25, 0.3) is 0 Å². The lowest BCUT2D eigenvalue weighted by Crippen LogP contribution is -2.44. The van der Waals surface area contributed by atoms with Gasteiger partial charge in [-0.2, -0.15) is 23.1 Å². The minimum atomic E-state index is -4.65. The van der Waals surface area contributed by atoms with Crippen molar-refractivity contribution in [2.24, 2.45) is 0 Å². The predicted octanol–water partition coefficient (Wildman–Crippen LogP) is 5.28. The molecule has 7 rings (SSSR count). The van der Waals surface area contributed by atoms with Crippen molar-refractivity contribution in [1.29, 1.82) is 0 Å². The third-order valence-electron chi connectivity index (χ3n) is 9.33. The maximum Gasteiger partial charge on any atom is 0.391 e. The highest BCUT2D eigenvalue weighted by atomic mass is 19.4. The van der Waals surface area contributed by atoms with E-state index in [9.17, 15) is 32.2 Å². The van der Waals surface area contributed by atoms with Crippen LogP contribution in [0.15, 0.2) is 24.3 Å². The van der Waals surface area contributed by atoms with Crippen LogP contribution in [0.4, 0.5) is 32.2 Å². The van der Waals surface area contributed by atoms with Crippen LogP contribution in [0.1, 0.15) is 31.2 Å². The van der Waals surface area contributed by atoms with Gasteiger partial charge in [-0.05, 0) is 43.0 Å². The number of ether oxygens (including phenoxy) is 2. The molecule has 48 heavy (non-hydrogen) atoms. The van der Waals surface area contributed by atoms with E-state index in [0.717, 1.165) is 23.5 Å². The molecule has 15 heteroatoms. The molecular formula is C33H29F6N5O4. The molecule has 3 atom stereocenters. The van der Waals surface area contributed by atoms with Gasteiger partial charge >= 0.3 is 12.2 Å². The van der Waals surface area contributed by atoms with E-state index in [4.69, 9.17) is 15.9 Å². The van der Waals surface area contributed by atoms with Crippen LogP contribution in [0.25, 0.3) is 32.9 Å². The van der Waals surface area contributed by atoms with Gasteiger partial charge in [-0.25, -0.2) is 18.2 Å². The quantitative estimate of drug-likeness (QED) is 0.201. The largest absolute Gasteiger partial charge is 0.508 e. The van der Waals surface area contributed by atoms with Crippen molar-refractivity contribution >= 4 is 27.5 Å². The van der Waals surface area contributed by atoms with Crippen LogP contribution in [0.2, 0.25) is 0 Å². The van der Waals surface area contributed by atoms with Gasteiger partial charge in [-0.1, -0.05) is 12.0 Å². The first-order chi connectivity index (χ1) is 22.9. The number of phenolic OH excluding ortho intramolecular Hbond substituents is 1. The van der Waals surface area contributed by atoms with Crippen molar-refractivity contribution in [3.63, 3.8) is 0 Å². The monoisotopic (exact) mass is 673 g/mol. The van der Waals surface area contributed by atoms with Crippen LogP contribution >= 0.6 is 0 Å². The van der Waals surface area contributed by atoms with E-state index < -0.39 is 72.4 Å². The molecule has 2 aromatic heterocycles. The second-order valence-electron chi connectivity index (χ2n) is 12.4. The normalized spacial score (nSPS) is 22.5. The third-order valence-corrected chi connectivity index (χ3v) is 9.33. The predicted molar refractivity (Wildman–Crippen MR) is 163 cm³/mol. The second kappa shape index (κ2) is 11.9. The number of aliphatic hydroxyl groups excluding tert-OH is 1. The smallest absolute Gasteiger partial charge is 0.391 e. The number of phenols is 1. The Morgan fingerprint density at radius 1 is 1.15 bits per heavy atom. The van der Waals surface area contributed by atoms with E-state index in [0.29, 0.717) is 13.0 Å². The summed E-state index contributed by atoms with van der Waals surface area (Å²) < 4.78 is 99.4. The highest BCUT2D eigenvalue weighted by molar-refractivity contribution is 6.04. The molecule has 2 N–H and O–H groups in total. The molecule has 3 aliphatic heterocycles. The number of nitrogens with zero attached hydrogens (tertiary/aromatic N) is 5. The number of halogens is 6. The summed E-state index contributed by atoms with van der Waals surface area (Å²) in [7, 11) is 0. The molecule has 4 aromatic rings. The Morgan fingerprint density at radius 3 is 2.71 bits per heavy atom. The molecule has 9 nitrogen and oxygen atoms in total. The van der Waals surface area contributed by atoms with E-state index >= 15 is 4.39 Å². The summed E-state index contributed by atoms with van der Waals surface area (Å²) in [5, 5.41) is 20.6. The highest BCUT2D eigenvalue weighted by Gasteiger charge is 2.49. The number of terminal acetylenes is 1. The number of aromatic nitrogens is 3. The van der Waals surface area contributed by atoms with Gasteiger partial charge in [0.15, 0.2) is 5.82 Å². The number of hydrogen-bond acceptors (Lipinski definition) is 9. The van der Waals surface area contributed by atoms with E-state index in [1.54, 1.807) is 0 Å². The van der Waals surface area contributed by atoms with E-state index in [-0.39, 0.29) is 70.9 Å². The maximum absolute atomic E-state index is 16.9. The molecule has 0 unspecified atom stereocenters. The lowest BCUT2D eigenvalue weighted by atomic mass is 9.95.